The number of nitrogens with zero attached hydrogens (tertiary/aromatic N) is 2. The Morgan fingerprint density at radius 3 is 2.70 bits per heavy atom. The lowest BCUT2D eigenvalue weighted by molar-refractivity contribution is 0.394. The van der Waals surface area contributed by atoms with Crippen molar-refractivity contribution in [2.45, 2.75) is 0 Å². The van der Waals surface area contributed by atoms with Crippen LogP contribution in [-0.4, -0.2) is 25.4 Å². The molecule has 0 radical (unpaired) electrons. The van der Waals surface area contributed by atoms with E-state index >= 15 is 0 Å². The Labute approximate surface area is 134 Å². The Bertz CT molecular complexity index is 847. The SMILES string of the molecule is COc1ccc(/C=N\Nc2ccc3ccccc3n2)c(OC)c1. The number of aromatic nitrogens is 1. The smallest absolute Gasteiger partial charge is 0.146 e. The molecule has 5 nitrogen and oxygen atoms in total. The summed E-state index contributed by atoms with van der Waals surface area (Å²) in [5, 5.41) is 5.32. The van der Waals surface area contributed by atoms with E-state index in [0.717, 1.165) is 22.2 Å². The fourth-order valence-electron chi connectivity index (χ4n) is 2.22. The molecule has 3 rings (SSSR count). The van der Waals surface area contributed by atoms with Gasteiger partial charge in [0.15, 0.2) is 0 Å². The van der Waals surface area contributed by atoms with Crippen LogP contribution in [0.25, 0.3) is 10.9 Å². The molecule has 3 aromatic rings. The zero-order valence-corrected chi connectivity index (χ0v) is 13.0. The maximum atomic E-state index is 5.33. The van der Waals surface area contributed by atoms with Crippen molar-refractivity contribution in [1.29, 1.82) is 0 Å². The van der Waals surface area contributed by atoms with Gasteiger partial charge in [-0.1, -0.05) is 18.2 Å². The van der Waals surface area contributed by atoms with Crippen molar-refractivity contribution in [2.24, 2.45) is 5.10 Å². The molecule has 0 fully saturated rings. The third-order valence-corrected chi connectivity index (χ3v) is 3.42. The van der Waals surface area contributed by atoms with E-state index in [2.05, 4.69) is 15.5 Å². The second-order valence-corrected chi connectivity index (χ2v) is 4.87. The highest BCUT2D eigenvalue weighted by Gasteiger charge is 2.02. The number of nitrogens with one attached hydrogen (secondary N) is 1. The molecule has 1 aromatic heterocycles. The predicted molar refractivity (Wildman–Crippen MR) is 92.5 cm³/mol. The van der Waals surface area contributed by atoms with Gasteiger partial charge in [0.2, 0.25) is 0 Å². The summed E-state index contributed by atoms with van der Waals surface area (Å²) in [6.45, 7) is 0. The zero-order valence-electron chi connectivity index (χ0n) is 13.0. The third-order valence-electron chi connectivity index (χ3n) is 3.42. The van der Waals surface area contributed by atoms with E-state index < -0.39 is 0 Å². The number of methoxy groups -OCH3 is 2. The first-order valence-electron chi connectivity index (χ1n) is 7.17. The second-order valence-electron chi connectivity index (χ2n) is 4.87. The first-order valence-corrected chi connectivity index (χ1v) is 7.17. The van der Waals surface area contributed by atoms with Crippen LogP contribution in [0.15, 0.2) is 59.7 Å². The molecule has 0 aliphatic heterocycles. The quantitative estimate of drug-likeness (QED) is 0.577. The molecule has 5 heteroatoms. The van der Waals surface area contributed by atoms with E-state index in [1.54, 1.807) is 20.4 Å². The largest absolute Gasteiger partial charge is 0.497 e. The van der Waals surface area contributed by atoms with Gasteiger partial charge in [-0.05, 0) is 30.3 Å². The van der Waals surface area contributed by atoms with Crippen LogP contribution in [0, 0.1) is 0 Å². The molecule has 2 aromatic carbocycles. The van der Waals surface area contributed by atoms with Crippen LogP contribution in [0.4, 0.5) is 5.82 Å². The number of hydrazone groups is 1. The zero-order chi connectivity index (χ0) is 16.1. The monoisotopic (exact) mass is 307 g/mol. The summed E-state index contributed by atoms with van der Waals surface area (Å²) in [5.74, 6) is 2.12. The van der Waals surface area contributed by atoms with Gasteiger partial charge < -0.3 is 9.47 Å². The second kappa shape index (κ2) is 6.79. The normalized spacial score (nSPS) is 10.9. The Balaban J connectivity index is 1.77. The van der Waals surface area contributed by atoms with Gasteiger partial charge >= 0.3 is 0 Å². The minimum absolute atomic E-state index is 0.687. The van der Waals surface area contributed by atoms with Gasteiger partial charge in [0.25, 0.3) is 0 Å². The first kappa shape index (κ1) is 14.8. The van der Waals surface area contributed by atoms with E-state index in [1.807, 2.05) is 54.6 Å². The van der Waals surface area contributed by atoms with Crippen LogP contribution in [0.3, 0.4) is 0 Å². The Kier molecular flexibility index (Phi) is 4.38. The van der Waals surface area contributed by atoms with Crippen molar-refractivity contribution in [3.8, 4) is 11.5 Å². The van der Waals surface area contributed by atoms with Gasteiger partial charge in [0.1, 0.15) is 17.3 Å². The van der Waals surface area contributed by atoms with Crippen LogP contribution in [0.5, 0.6) is 11.5 Å². The average molecular weight is 307 g/mol. The number of rotatable bonds is 5. The van der Waals surface area contributed by atoms with Crippen LogP contribution >= 0.6 is 0 Å². The van der Waals surface area contributed by atoms with E-state index in [4.69, 9.17) is 9.47 Å². The first-order chi connectivity index (χ1) is 11.3. The van der Waals surface area contributed by atoms with E-state index in [0.29, 0.717) is 11.6 Å². The molecule has 0 saturated carbocycles. The van der Waals surface area contributed by atoms with Gasteiger partial charge in [0.05, 0.1) is 26.0 Å². The van der Waals surface area contributed by atoms with E-state index in [9.17, 15) is 0 Å². The predicted octanol–water partition coefficient (Wildman–Crippen LogP) is 3.70. The molecule has 0 atom stereocenters. The van der Waals surface area contributed by atoms with Crippen LogP contribution in [-0.2, 0) is 0 Å². The maximum Gasteiger partial charge on any atom is 0.146 e. The molecule has 0 unspecified atom stereocenters. The molecule has 0 spiro atoms. The fourth-order valence-corrected chi connectivity index (χ4v) is 2.22. The number of anilines is 1. The van der Waals surface area contributed by atoms with Gasteiger partial charge in [-0.25, -0.2) is 4.98 Å². The summed E-state index contributed by atoms with van der Waals surface area (Å²) >= 11 is 0. The van der Waals surface area contributed by atoms with Crippen molar-refractivity contribution in [1.82, 2.24) is 4.98 Å². The van der Waals surface area contributed by atoms with Gasteiger partial charge in [-0.2, -0.15) is 5.10 Å². The van der Waals surface area contributed by atoms with Crippen molar-refractivity contribution < 1.29 is 9.47 Å². The number of fused-ring (bicyclic) bond motifs is 1. The van der Waals surface area contributed by atoms with Crippen LogP contribution < -0.4 is 14.9 Å². The van der Waals surface area contributed by atoms with Crippen LogP contribution in [0.1, 0.15) is 5.56 Å². The highest BCUT2D eigenvalue weighted by molar-refractivity contribution is 5.85. The average Bonchev–Trinajstić information content (AvgIpc) is 2.61. The number of para-hydroxylation sites is 1. The highest BCUT2D eigenvalue weighted by Crippen LogP contribution is 2.23. The van der Waals surface area contributed by atoms with E-state index in [-0.39, 0.29) is 0 Å². The molecule has 0 amide bonds. The summed E-state index contributed by atoms with van der Waals surface area (Å²) in [4.78, 5) is 4.50. The van der Waals surface area contributed by atoms with Gasteiger partial charge in [0, 0.05) is 17.0 Å². The number of hydrogen-bond donors (Lipinski definition) is 1. The van der Waals surface area contributed by atoms with Crippen molar-refractivity contribution in [3.63, 3.8) is 0 Å². The number of ether oxygens (including phenoxy) is 2. The summed E-state index contributed by atoms with van der Waals surface area (Å²) < 4.78 is 10.5. The lowest BCUT2D eigenvalue weighted by Crippen LogP contribution is -1.96. The number of hydrogen-bond acceptors (Lipinski definition) is 5. The lowest BCUT2D eigenvalue weighted by Gasteiger charge is -2.07. The van der Waals surface area contributed by atoms with E-state index in [1.165, 1.54) is 0 Å². The van der Waals surface area contributed by atoms with Gasteiger partial charge in [-0.3, -0.25) is 5.43 Å². The summed E-state index contributed by atoms with van der Waals surface area (Å²) in [6.07, 6.45) is 1.69. The third kappa shape index (κ3) is 3.40. The highest BCUT2D eigenvalue weighted by atomic mass is 16.5. The Morgan fingerprint density at radius 1 is 1.00 bits per heavy atom. The van der Waals surface area contributed by atoms with Crippen molar-refractivity contribution in [3.05, 3.63) is 60.2 Å². The molecule has 23 heavy (non-hydrogen) atoms. The summed E-state index contributed by atoms with van der Waals surface area (Å²) in [7, 11) is 3.24. The lowest BCUT2D eigenvalue weighted by atomic mass is 10.2. The molecule has 0 aliphatic carbocycles. The van der Waals surface area contributed by atoms with Crippen molar-refractivity contribution in [2.75, 3.05) is 19.6 Å². The molecule has 0 saturated heterocycles. The molecule has 116 valence electrons. The standard InChI is InChI=1S/C18H17N3O2/c1-22-15-9-7-14(17(11-15)23-2)12-19-21-18-10-8-13-5-3-4-6-16(13)20-18/h3-12H,1-2H3,(H,20,21)/b19-12-. The van der Waals surface area contributed by atoms with Crippen LogP contribution in [0.2, 0.25) is 0 Å². The molecule has 1 heterocycles. The minimum atomic E-state index is 0.687. The molecule has 0 aliphatic rings. The van der Waals surface area contributed by atoms with Gasteiger partial charge in [-0.15, -0.1) is 0 Å². The summed E-state index contributed by atoms with van der Waals surface area (Å²) in [6, 6.07) is 17.4. The Morgan fingerprint density at radius 2 is 1.87 bits per heavy atom. The summed E-state index contributed by atoms with van der Waals surface area (Å²) in [5.41, 5.74) is 4.71. The number of benzene rings is 2. The topological polar surface area (TPSA) is 55.7 Å². The molecular weight excluding hydrogens is 290 g/mol. The maximum absolute atomic E-state index is 5.33. The minimum Gasteiger partial charge on any atom is -0.497 e. The fraction of sp³-hybridized carbons (Fsp3) is 0.111. The Hall–Kier alpha value is -3.08. The van der Waals surface area contributed by atoms with Crippen molar-refractivity contribution >= 4 is 22.9 Å². The molecular formula is C18H17N3O2. The molecule has 1 N–H and O–H groups in total. The molecule has 0 bridgehead atoms. The number of pyridine rings is 1.